The van der Waals surface area contributed by atoms with E-state index in [1.165, 1.54) is 121 Å². The van der Waals surface area contributed by atoms with Gasteiger partial charge in [-0.25, -0.2) is 0 Å². The van der Waals surface area contributed by atoms with E-state index in [-0.39, 0.29) is 5.41 Å². The van der Waals surface area contributed by atoms with Crippen LogP contribution in [0.1, 0.15) is 25.0 Å². The summed E-state index contributed by atoms with van der Waals surface area (Å²) in [5.74, 6) is 0. The molecule has 0 spiro atoms. The second-order valence-electron chi connectivity index (χ2n) is 18.9. The van der Waals surface area contributed by atoms with Crippen molar-refractivity contribution in [1.29, 1.82) is 0 Å². The van der Waals surface area contributed by atoms with E-state index < -0.39 is 0 Å². The summed E-state index contributed by atoms with van der Waals surface area (Å²) in [6.45, 7) is 4.77. The lowest BCUT2D eigenvalue weighted by molar-refractivity contribution is 0.660. The maximum atomic E-state index is 3.53. The van der Waals surface area contributed by atoms with Crippen LogP contribution in [0.5, 0.6) is 0 Å². The van der Waals surface area contributed by atoms with Gasteiger partial charge in [0.25, 0.3) is 0 Å². The molecule has 14 aromatic rings. The molecule has 15 rings (SSSR count). The topological polar surface area (TPSA) is 19.7 Å². The van der Waals surface area contributed by atoms with Crippen LogP contribution in [0.3, 0.4) is 0 Å². The van der Waals surface area contributed by atoms with Crippen molar-refractivity contribution in [2.24, 2.45) is 0 Å². The van der Waals surface area contributed by atoms with Gasteiger partial charge in [-0.15, -0.1) is 0 Å². The molecule has 5 heteroatoms. The van der Waals surface area contributed by atoms with Gasteiger partial charge in [0.2, 0.25) is 0 Å². The van der Waals surface area contributed by atoms with E-state index in [0.29, 0.717) is 0 Å². The number of thiol groups is 1. The molecular formula is C64H46N4S. The van der Waals surface area contributed by atoms with E-state index >= 15 is 0 Å². The van der Waals surface area contributed by atoms with E-state index in [2.05, 4.69) is 263 Å². The number of benzene rings is 10. The van der Waals surface area contributed by atoms with Crippen LogP contribution in [0.4, 0.5) is 0 Å². The van der Waals surface area contributed by atoms with Crippen LogP contribution < -0.4 is 0 Å². The van der Waals surface area contributed by atoms with Crippen molar-refractivity contribution in [2.75, 3.05) is 6.26 Å². The minimum Gasteiger partial charge on any atom is -0.309 e. The van der Waals surface area contributed by atoms with Crippen molar-refractivity contribution in [2.45, 2.75) is 19.3 Å². The molecule has 0 saturated carbocycles. The molecule has 4 heterocycles. The first-order valence-electron chi connectivity index (χ1n) is 23.8. The van der Waals surface area contributed by atoms with Crippen molar-refractivity contribution >= 4 is 99.9 Å². The van der Waals surface area contributed by atoms with E-state index in [9.17, 15) is 0 Å². The van der Waals surface area contributed by atoms with Crippen molar-refractivity contribution < 1.29 is 0 Å². The van der Waals surface area contributed by atoms with E-state index in [4.69, 9.17) is 0 Å². The molecule has 1 aliphatic carbocycles. The summed E-state index contributed by atoms with van der Waals surface area (Å²) in [5, 5.41) is 10.0. The molecule has 0 fully saturated rings. The van der Waals surface area contributed by atoms with Crippen molar-refractivity contribution in [1.82, 2.24) is 18.3 Å². The number of hydrogen-bond acceptors (Lipinski definition) is 1. The third-order valence-electron chi connectivity index (χ3n) is 15.2. The summed E-state index contributed by atoms with van der Waals surface area (Å²) >= 11 is 3.53. The Morgan fingerprint density at radius 2 is 0.580 bits per heavy atom. The average molecular weight is 903 g/mol. The molecule has 4 aromatic heterocycles. The van der Waals surface area contributed by atoms with Gasteiger partial charge in [0, 0.05) is 59.9 Å². The smallest absolute Gasteiger partial charge is 0.0562 e. The predicted molar refractivity (Wildman–Crippen MR) is 296 cm³/mol. The Labute approximate surface area is 404 Å². The van der Waals surface area contributed by atoms with Gasteiger partial charge in [0.1, 0.15) is 0 Å². The second kappa shape index (κ2) is 14.9. The van der Waals surface area contributed by atoms with Crippen LogP contribution in [0.15, 0.2) is 218 Å². The lowest BCUT2D eigenvalue weighted by Crippen LogP contribution is -2.15. The minimum absolute atomic E-state index is 0.170. The highest BCUT2D eigenvalue weighted by Crippen LogP contribution is 2.51. The number of hydrogen-bond donors (Lipinski definition) is 1. The molecule has 328 valence electrons. The van der Waals surface area contributed by atoms with Gasteiger partial charge in [-0.05, 0) is 113 Å². The largest absolute Gasteiger partial charge is 0.309 e. The van der Waals surface area contributed by atoms with Gasteiger partial charge >= 0.3 is 0 Å². The van der Waals surface area contributed by atoms with Crippen molar-refractivity contribution in [3.8, 4) is 33.9 Å². The fraction of sp³-hybridized carbons (Fsp3) is 0.0625. The molecule has 0 atom stereocenters. The second-order valence-corrected chi connectivity index (χ2v) is 18.9. The molecule has 0 unspecified atom stereocenters. The first-order valence-corrected chi connectivity index (χ1v) is 24.7. The standard InChI is InChI=1S/C63H42N4.CH4S/c1-63(2)49-35-33-39(64-55-27-13-7-21-45(55)61-57(64)29-15-31-59(61)66-51-23-9-3-17-41(51)42-18-4-10-24-52(42)66)37-47(49)48-38-40(34-36-50(48)63)65-56-28-14-8-22-46(56)62-58(65)30-16-32-60(62)67-53-25-11-5-19-43(53)44-20-6-12-26-54(44)67;1-2/h3-38H,1-2H3;2H,1H3. The van der Waals surface area contributed by atoms with Crippen LogP contribution in [0.2, 0.25) is 0 Å². The average Bonchev–Trinajstić information content (AvgIpc) is 4.18. The molecule has 0 radical (unpaired) electrons. The Balaban J connectivity index is 0.00000221. The normalized spacial score (nSPS) is 13.0. The van der Waals surface area contributed by atoms with Gasteiger partial charge < -0.3 is 18.3 Å². The molecule has 0 saturated heterocycles. The quantitative estimate of drug-likeness (QED) is 0.170. The first-order chi connectivity index (χ1) is 34.0. The first kappa shape index (κ1) is 39.9. The van der Waals surface area contributed by atoms with Gasteiger partial charge in [-0.3, -0.25) is 0 Å². The zero-order chi connectivity index (χ0) is 46.1. The number of rotatable bonds is 4. The summed E-state index contributed by atoms with van der Waals surface area (Å²) in [6, 6.07) is 81.1. The predicted octanol–water partition coefficient (Wildman–Crippen LogP) is 16.9. The van der Waals surface area contributed by atoms with Crippen LogP contribution in [0.25, 0.3) is 121 Å². The molecule has 0 bridgehead atoms. The van der Waals surface area contributed by atoms with Gasteiger partial charge in [0.15, 0.2) is 0 Å². The third kappa shape index (κ3) is 5.42. The highest BCUT2D eigenvalue weighted by atomic mass is 32.1. The summed E-state index contributed by atoms with van der Waals surface area (Å²) in [5.41, 5.74) is 19.4. The zero-order valence-corrected chi connectivity index (χ0v) is 39.4. The Morgan fingerprint density at radius 1 is 0.290 bits per heavy atom. The zero-order valence-electron chi connectivity index (χ0n) is 38.5. The fourth-order valence-corrected chi connectivity index (χ4v) is 12.3. The molecule has 0 aliphatic heterocycles. The van der Waals surface area contributed by atoms with Gasteiger partial charge in [-0.2, -0.15) is 12.6 Å². The van der Waals surface area contributed by atoms with Gasteiger partial charge in [-0.1, -0.05) is 147 Å². The Morgan fingerprint density at radius 3 is 0.928 bits per heavy atom. The van der Waals surface area contributed by atoms with E-state index in [0.717, 1.165) is 11.4 Å². The molecule has 0 N–H and O–H groups in total. The molecule has 4 nitrogen and oxygen atoms in total. The maximum absolute atomic E-state index is 3.53. The van der Waals surface area contributed by atoms with Crippen LogP contribution >= 0.6 is 12.6 Å². The molecule has 0 amide bonds. The number of aromatic nitrogens is 4. The summed E-state index contributed by atoms with van der Waals surface area (Å²) in [7, 11) is 0. The molecule has 10 aromatic carbocycles. The number of para-hydroxylation sites is 6. The Kier molecular flexibility index (Phi) is 8.60. The Hall–Kier alpha value is -8.25. The fourth-order valence-electron chi connectivity index (χ4n) is 12.3. The summed E-state index contributed by atoms with van der Waals surface area (Å²) < 4.78 is 9.90. The van der Waals surface area contributed by atoms with Crippen molar-refractivity contribution in [3.63, 3.8) is 0 Å². The summed E-state index contributed by atoms with van der Waals surface area (Å²) in [4.78, 5) is 0. The SMILES string of the molecule is CC1(C)c2ccc(-n3c4ccccc4c4c(-n5c6ccccc6c6ccccc65)cccc43)cc2-c2cc(-n3c4ccccc4c4c(-n5c6ccccc6c6ccccc65)cccc43)ccc21.CS. The highest BCUT2D eigenvalue weighted by Gasteiger charge is 2.36. The van der Waals surface area contributed by atoms with Gasteiger partial charge in [0.05, 0.1) is 55.5 Å². The molecule has 69 heavy (non-hydrogen) atoms. The van der Waals surface area contributed by atoms with Crippen LogP contribution in [0, 0.1) is 0 Å². The van der Waals surface area contributed by atoms with Crippen molar-refractivity contribution in [3.05, 3.63) is 230 Å². The Bertz CT molecular complexity index is 4050. The number of fused-ring (bicyclic) bond motifs is 15. The van der Waals surface area contributed by atoms with Crippen LogP contribution in [-0.4, -0.2) is 24.5 Å². The van der Waals surface area contributed by atoms with E-state index in [1.807, 2.05) is 0 Å². The lowest BCUT2D eigenvalue weighted by atomic mass is 9.82. The number of nitrogens with zero attached hydrogens (tertiary/aromatic N) is 4. The summed E-state index contributed by atoms with van der Waals surface area (Å²) in [6.07, 6.45) is 1.69. The monoisotopic (exact) mass is 902 g/mol. The lowest BCUT2D eigenvalue weighted by Gasteiger charge is -2.22. The molecular weight excluding hydrogens is 857 g/mol. The van der Waals surface area contributed by atoms with Crippen LogP contribution in [-0.2, 0) is 5.41 Å². The molecule has 1 aliphatic rings. The third-order valence-corrected chi connectivity index (χ3v) is 15.2. The highest BCUT2D eigenvalue weighted by molar-refractivity contribution is 7.79. The minimum atomic E-state index is -0.170. The maximum Gasteiger partial charge on any atom is 0.0562 e. The van der Waals surface area contributed by atoms with E-state index in [1.54, 1.807) is 6.26 Å².